The van der Waals surface area contributed by atoms with E-state index in [1.807, 2.05) is 24.3 Å². The predicted molar refractivity (Wildman–Crippen MR) is 104 cm³/mol. The van der Waals surface area contributed by atoms with Crippen LogP contribution in [-0.4, -0.2) is 17.7 Å². The van der Waals surface area contributed by atoms with Crippen LogP contribution in [0.25, 0.3) is 0 Å². The number of hydrogen-bond acceptors (Lipinski definition) is 4. The summed E-state index contributed by atoms with van der Waals surface area (Å²) in [4.78, 5) is 25.6. The molecule has 0 spiro atoms. The average Bonchev–Trinajstić information content (AvgIpc) is 3.22. The number of amides is 1. The van der Waals surface area contributed by atoms with Crippen LogP contribution in [0.2, 0.25) is 0 Å². The van der Waals surface area contributed by atoms with E-state index in [0.717, 1.165) is 43.2 Å². The maximum atomic E-state index is 13.4. The van der Waals surface area contributed by atoms with Crippen molar-refractivity contribution in [3.63, 3.8) is 0 Å². The lowest BCUT2D eigenvalue weighted by atomic mass is 9.58. The Morgan fingerprint density at radius 2 is 1.82 bits per heavy atom. The maximum Gasteiger partial charge on any atom is 0.237 e. The number of carbonyl (C=O) groups is 2. The van der Waals surface area contributed by atoms with E-state index in [0.29, 0.717) is 30.2 Å². The quantitative estimate of drug-likeness (QED) is 0.792. The molecule has 5 heteroatoms. The third kappa shape index (κ3) is 2.47. The van der Waals surface area contributed by atoms with Crippen molar-refractivity contribution in [2.75, 3.05) is 0 Å². The topological polar surface area (TPSA) is 96.0 Å². The largest absolute Gasteiger partial charge is 0.352 e. The van der Waals surface area contributed by atoms with Crippen LogP contribution >= 0.6 is 0 Å². The van der Waals surface area contributed by atoms with Crippen molar-refractivity contribution in [3.05, 3.63) is 35.4 Å². The lowest BCUT2D eigenvalue weighted by Gasteiger charge is -2.46. The summed E-state index contributed by atoms with van der Waals surface area (Å²) < 4.78 is 0. The van der Waals surface area contributed by atoms with Gasteiger partial charge in [-0.1, -0.05) is 30.7 Å². The Hall–Kier alpha value is -2.19. The summed E-state index contributed by atoms with van der Waals surface area (Å²) in [5.41, 5.74) is 7.52. The van der Waals surface area contributed by atoms with E-state index >= 15 is 0 Å². The van der Waals surface area contributed by atoms with Crippen molar-refractivity contribution in [1.29, 1.82) is 5.26 Å². The molecule has 5 nitrogen and oxygen atoms in total. The van der Waals surface area contributed by atoms with Crippen LogP contribution in [0.15, 0.2) is 24.3 Å². The van der Waals surface area contributed by atoms with Gasteiger partial charge in [-0.15, -0.1) is 0 Å². The van der Waals surface area contributed by atoms with Crippen molar-refractivity contribution in [3.8, 4) is 6.07 Å². The van der Waals surface area contributed by atoms with Gasteiger partial charge in [-0.05, 0) is 54.9 Å². The molecule has 8 atom stereocenters. The molecule has 3 saturated carbocycles. The zero-order valence-corrected chi connectivity index (χ0v) is 16.0. The molecule has 1 aliphatic heterocycles. The number of fused-ring (bicyclic) bond motifs is 3. The molecule has 4 fully saturated rings. The Bertz CT molecular complexity index is 842. The number of nitrogens with one attached hydrogen (secondary N) is 1. The highest BCUT2D eigenvalue weighted by molar-refractivity contribution is 5.98. The van der Waals surface area contributed by atoms with Crippen molar-refractivity contribution in [1.82, 2.24) is 5.32 Å². The standard InChI is InChI=1S/C23H27N3O2/c24-10-12-4-6-13(7-5-12)22(27)15-8-9-17-19-14(15)2-1-3-16(19)20-18(11-25)23(28)26-21(17)20/h4-7,14-21H,1-3,8-10,24H2,(H,26,28). The summed E-state index contributed by atoms with van der Waals surface area (Å²) in [5.74, 6) is 1.63. The molecular formula is C23H27N3O2. The Morgan fingerprint density at radius 3 is 2.54 bits per heavy atom. The molecule has 0 radical (unpaired) electrons. The summed E-state index contributed by atoms with van der Waals surface area (Å²) in [5, 5.41) is 12.7. The molecule has 146 valence electrons. The number of ketones is 1. The van der Waals surface area contributed by atoms with Gasteiger partial charge < -0.3 is 11.1 Å². The highest BCUT2D eigenvalue weighted by Gasteiger charge is 2.63. The van der Waals surface area contributed by atoms with Gasteiger partial charge in [-0.2, -0.15) is 5.26 Å². The number of benzene rings is 1. The Labute approximate surface area is 165 Å². The molecule has 1 aromatic rings. The molecule has 4 aliphatic rings. The van der Waals surface area contributed by atoms with E-state index in [1.165, 1.54) is 0 Å². The van der Waals surface area contributed by atoms with Crippen LogP contribution < -0.4 is 11.1 Å². The minimum absolute atomic E-state index is 0.0721. The first-order chi connectivity index (χ1) is 13.6. The third-order valence-electron chi connectivity index (χ3n) is 8.18. The van der Waals surface area contributed by atoms with Gasteiger partial charge in [-0.25, -0.2) is 0 Å². The second-order valence-corrected chi connectivity index (χ2v) is 9.17. The number of hydrogen-bond donors (Lipinski definition) is 2. The first-order valence-electron chi connectivity index (χ1n) is 10.7. The van der Waals surface area contributed by atoms with E-state index in [9.17, 15) is 14.9 Å². The van der Waals surface area contributed by atoms with Crippen LogP contribution in [0.5, 0.6) is 0 Å². The van der Waals surface area contributed by atoms with Gasteiger partial charge in [-0.3, -0.25) is 9.59 Å². The van der Waals surface area contributed by atoms with Gasteiger partial charge in [0, 0.05) is 30.0 Å². The monoisotopic (exact) mass is 377 g/mol. The number of nitrogens with two attached hydrogens (primary N) is 1. The SMILES string of the molecule is N#CC1C(=O)NC2C3CCC(C(=O)c4ccc(CN)cc4)C4CCCC(C43)C12. The molecule has 0 aromatic heterocycles. The fourth-order valence-corrected chi connectivity index (χ4v) is 7.17. The van der Waals surface area contributed by atoms with Crippen molar-refractivity contribution in [2.45, 2.75) is 44.7 Å². The molecular weight excluding hydrogens is 350 g/mol. The maximum absolute atomic E-state index is 13.4. The summed E-state index contributed by atoms with van der Waals surface area (Å²) in [6.45, 7) is 0.487. The van der Waals surface area contributed by atoms with E-state index in [2.05, 4.69) is 11.4 Å². The summed E-state index contributed by atoms with van der Waals surface area (Å²) in [6, 6.07) is 10.2. The van der Waals surface area contributed by atoms with Gasteiger partial charge in [0.15, 0.2) is 5.78 Å². The minimum atomic E-state index is -0.502. The number of carbonyl (C=O) groups excluding carboxylic acids is 2. The first-order valence-corrected chi connectivity index (χ1v) is 10.7. The number of Topliss-reactive ketones (excluding diaryl/α,β-unsaturated/α-hetero) is 1. The van der Waals surface area contributed by atoms with Crippen LogP contribution in [0, 0.1) is 52.8 Å². The number of rotatable bonds is 3. The van der Waals surface area contributed by atoms with E-state index in [1.54, 1.807) is 0 Å². The lowest BCUT2D eigenvalue weighted by Crippen LogP contribution is -2.45. The van der Waals surface area contributed by atoms with Crippen molar-refractivity contribution < 1.29 is 9.59 Å². The lowest BCUT2D eigenvalue weighted by molar-refractivity contribution is -0.122. The molecule has 3 N–H and O–H groups in total. The number of nitriles is 1. The predicted octanol–water partition coefficient (Wildman–Crippen LogP) is 2.65. The summed E-state index contributed by atoms with van der Waals surface area (Å²) >= 11 is 0. The smallest absolute Gasteiger partial charge is 0.237 e. The van der Waals surface area contributed by atoms with Gasteiger partial charge >= 0.3 is 0 Å². The van der Waals surface area contributed by atoms with E-state index in [-0.39, 0.29) is 29.6 Å². The summed E-state index contributed by atoms with van der Waals surface area (Å²) in [6.07, 6.45) is 5.17. The van der Waals surface area contributed by atoms with Crippen LogP contribution in [0.1, 0.15) is 48.0 Å². The Balaban J connectivity index is 1.43. The van der Waals surface area contributed by atoms with Crippen LogP contribution in [0.3, 0.4) is 0 Å². The third-order valence-corrected chi connectivity index (χ3v) is 8.18. The zero-order valence-electron chi connectivity index (χ0n) is 16.0. The van der Waals surface area contributed by atoms with Gasteiger partial charge in [0.05, 0.1) is 6.07 Å². The minimum Gasteiger partial charge on any atom is -0.352 e. The molecule has 8 unspecified atom stereocenters. The summed E-state index contributed by atoms with van der Waals surface area (Å²) in [7, 11) is 0. The van der Waals surface area contributed by atoms with E-state index < -0.39 is 5.92 Å². The fourth-order valence-electron chi connectivity index (χ4n) is 7.17. The second kappa shape index (κ2) is 6.70. The molecule has 0 bridgehead atoms. The Kier molecular flexibility index (Phi) is 4.28. The first kappa shape index (κ1) is 17.9. The van der Waals surface area contributed by atoms with Crippen LogP contribution in [0.4, 0.5) is 0 Å². The average molecular weight is 377 g/mol. The number of nitrogens with zero attached hydrogens (tertiary/aromatic N) is 1. The Morgan fingerprint density at radius 1 is 1.07 bits per heavy atom. The highest BCUT2D eigenvalue weighted by Crippen LogP contribution is 2.61. The molecule has 3 aliphatic carbocycles. The van der Waals surface area contributed by atoms with E-state index in [4.69, 9.17) is 5.73 Å². The van der Waals surface area contributed by atoms with Crippen molar-refractivity contribution in [2.24, 2.45) is 47.2 Å². The molecule has 5 rings (SSSR count). The highest BCUT2D eigenvalue weighted by atomic mass is 16.2. The molecule has 28 heavy (non-hydrogen) atoms. The van der Waals surface area contributed by atoms with Gasteiger partial charge in [0.1, 0.15) is 5.92 Å². The second-order valence-electron chi connectivity index (χ2n) is 9.17. The van der Waals surface area contributed by atoms with Crippen LogP contribution in [-0.2, 0) is 11.3 Å². The zero-order chi connectivity index (χ0) is 19.4. The molecule has 1 aromatic carbocycles. The normalized spacial score (nSPS) is 40.9. The molecule has 1 saturated heterocycles. The fraction of sp³-hybridized carbons (Fsp3) is 0.609. The molecule has 1 amide bonds. The van der Waals surface area contributed by atoms with Gasteiger partial charge in [0.25, 0.3) is 0 Å². The molecule has 1 heterocycles. The van der Waals surface area contributed by atoms with Crippen molar-refractivity contribution >= 4 is 11.7 Å². The van der Waals surface area contributed by atoms with Gasteiger partial charge in [0.2, 0.25) is 5.91 Å².